The minimum atomic E-state index is -0.823. The van der Waals surface area contributed by atoms with Crippen molar-refractivity contribution < 1.29 is 14.7 Å². The second kappa shape index (κ2) is 9.30. The van der Waals surface area contributed by atoms with Crippen LogP contribution in [0, 0.1) is 5.92 Å². The predicted octanol–water partition coefficient (Wildman–Crippen LogP) is 3.20. The van der Waals surface area contributed by atoms with Gasteiger partial charge >= 0.3 is 5.97 Å². The molecule has 0 saturated heterocycles. The van der Waals surface area contributed by atoms with Gasteiger partial charge in [-0.3, -0.25) is 14.2 Å². The highest BCUT2D eigenvalue weighted by Crippen LogP contribution is 2.28. The fraction of sp³-hybridized carbons (Fsp3) is 0.500. The Morgan fingerprint density at radius 3 is 2.41 bits per heavy atom. The summed E-state index contributed by atoms with van der Waals surface area (Å²) >= 11 is 0. The zero-order chi connectivity index (χ0) is 19.1. The largest absolute Gasteiger partial charge is 0.481 e. The van der Waals surface area contributed by atoms with Crippen molar-refractivity contribution in [1.82, 2.24) is 20.1 Å². The predicted molar refractivity (Wildman–Crippen MR) is 101 cm³/mol. The van der Waals surface area contributed by atoms with Crippen molar-refractivity contribution in [3.63, 3.8) is 0 Å². The number of hydrogen-bond donors (Lipinski definition) is 2. The van der Waals surface area contributed by atoms with E-state index in [0.29, 0.717) is 17.9 Å². The SMILES string of the molecule is O=C(O)CCC(CC1CCCCC1)NC(=O)c1ccc(-n2cnnc2)cc1. The lowest BCUT2D eigenvalue weighted by molar-refractivity contribution is -0.137. The van der Waals surface area contributed by atoms with Gasteiger partial charge in [-0.25, -0.2) is 0 Å². The molecule has 0 spiro atoms. The third-order valence-corrected chi connectivity index (χ3v) is 5.23. The Kier molecular flexibility index (Phi) is 6.57. The number of nitrogens with one attached hydrogen (secondary N) is 1. The van der Waals surface area contributed by atoms with Gasteiger partial charge < -0.3 is 10.4 Å². The van der Waals surface area contributed by atoms with Crippen LogP contribution < -0.4 is 5.32 Å². The van der Waals surface area contributed by atoms with Gasteiger partial charge in [0, 0.05) is 23.7 Å². The van der Waals surface area contributed by atoms with Gasteiger partial charge in [-0.15, -0.1) is 10.2 Å². The number of rotatable bonds is 8. The van der Waals surface area contributed by atoms with E-state index in [-0.39, 0.29) is 18.4 Å². The van der Waals surface area contributed by atoms with Crippen LogP contribution in [0.2, 0.25) is 0 Å². The summed E-state index contributed by atoms with van der Waals surface area (Å²) in [5.41, 5.74) is 1.44. The lowest BCUT2D eigenvalue weighted by Gasteiger charge is -2.27. The highest BCUT2D eigenvalue weighted by atomic mass is 16.4. The van der Waals surface area contributed by atoms with Gasteiger partial charge in [0.05, 0.1) is 0 Å². The first-order valence-corrected chi connectivity index (χ1v) is 9.59. The number of carbonyl (C=O) groups is 2. The highest BCUT2D eigenvalue weighted by Gasteiger charge is 2.21. The van der Waals surface area contributed by atoms with E-state index < -0.39 is 5.97 Å². The molecule has 144 valence electrons. The molecule has 0 radical (unpaired) electrons. The minimum absolute atomic E-state index is 0.0736. The van der Waals surface area contributed by atoms with Gasteiger partial charge in [-0.05, 0) is 43.0 Å². The molecule has 1 fully saturated rings. The Labute approximate surface area is 158 Å². The summed E-state index contributed by atoms with van der Waals surface area (Å²) in [6.07, 6.45) is 10.7. The Hall–Kier alpha value is -2.70. The second-order valence-corrected chi connectivity index (χ2v) is 7.26. The number of aliphatic carboxylic acids is 1. The molecule has 1 unspecified atom stereocenters. The van der Waals surface area contributed by atoms with Crippen LogP contribution in [0.3, 0.4) is 0 Å². The summed E-state index contributed by atoms with van der Waals surface area (Å²) in [7, 11) is 0. The zero-order valence-corrected chi connectivity index (χ0v) is 15.4. The molecule has 1 aromatic heterocycles. The Morgan fingerprint density at radius 1 is 1.11 bits per heavy atom. The van der Waals surface area contributed by atoms with Crippen LogP contribution >= 0.6 is 0 Å². The molecular formula is C20H26N4O3. The van der Waals surface area contributed by atoms with Crippen molar-refractivity contribution in [1.29, 1.82) is 0 Å². The fourth-order valence-corrected chi connectivity index (χ4v) is 3.76. The van der Waals surface area contributed by atoms with Gasteiger partial charge in [-0.1, -0.05) is 32.1 Å². The number of benzene rings is 1. The van der Waals surface area contributed by atoms with Gasteiger partial charge in [0.15, 0.2) is 0 Å². The van der Waals surface area contributed by atoms with Crippen molar-refractivity contribution in [2.45, 2.75) is 57.4 Å². The molecule has 2 aromatic rings. The molecule has 3 rings (SSSR count). The van der Waals surface area contributed by atoms with E-state index in [1.54, 1.807) is 29.4 Å². The molecule has 7 nitrogen and oxygen atoms in total. The van der Waals surface area contributed by atoms with E-state index >= 15 is 0 Å². The standard InChI is InChI=1S/C20H26N4O3/c25-19(26)11-8-17(12-15-4-2-1-3-5-15)23-20(27)16-6-9-18(10-7-16)24-13-21-22-14-24/h6-7,9-10,13-15,17H,1-5,8,11-12H2,(H,23,27)(H,25,26). The number of nitrogens with zero attached hydrogens (tertiary/aromatic N) is 3. The minimum Gasteiger partial charge on any atom is -0.481 e. The lowest BCUT2D eigenvalue weighted by atomic mass is 9.84. The van der Waals surface area contributed by atoms with E-state index in [2.05, 4.69) is 15.5 Å². The number of amides is 1. The molecule has 1 atom stereocenters. The summed E-state index contributed by atoms with van der Waals surface area (Å²) in [6.45, 7) is 0. The summed E-state index contributed by atoms with van der Waals surface area (Å²) in [6, 6.07) is 7.10. The molecular weight excluding hydrogens is 344 g/mol. The van der Waals surface area contributed by atoms with Crippen molar-refractivity contribution in [3.8, 4) is 5.69 Å². The molecule has 1 aliphatic rings. The second-order valence-electron chi connectivity index (χ2n) is 7.26. The van der Waals surface area contributed by atoms with Crippen LogP contribution in [0.1, 0.15) is 61.7 Å². The lowest BCUT2D eigenvalue weighted by Crippen LogP contribution is -2.37. The first kappa shape index (κ1) is 19.1. The Balaban J connectivity index is 1.62. The molecule has 1 heterocycles. The summed E-state index contributed by atoms with van der Waals surface area (Å²) in [5, 5.41) is 19.6. The first-order valence-electron chi connectivity index (χ1n) is 9.59. The van der Waals surface area contributed by atoms with Crippen molar-refractivity contribution in [2.75, 3.05) is 0 Å². The fourth-order valence-electron chi connectivity index (χ4n) is 3.76. The van der Waals surface area contributed by atoms with Crippen molar-refractivity contribution >= 4 is 11.9 Å². The maximum absolute atomic E-state index is 12.6. The third-order valence-electron chi connectivity index (χ3n) is 5.23. The maximum atomic E-state index is 12.6. The molecule has 1 aliphatic carbocycles. The zero-order valence-electron chi connectivity index (χ0n) is 15.4. The number of carbonyl (C=O) groups excluding carboxylic acids is 1. The molecule has 27 heavy (non-hydrogen) atoms. The monoisotopic (exact) mass is 370 g/mol. The van der Waals surface area contributed by atoms with Crippen molar-refractivity contribution in [3.05, 3.63) is 42.5 Å². The maximum Gasteiger partial charge on any atom is 0.303 e. The molecule has 1 aromatic carbocycles. The Bertz CT molecular complexity index is 737. The average molecular weight is 370 g/mol. The smallest absolute Gasteiger partial charge is 0.303 e. The van der Waals surface area contributed by atoms with E-state index in [0.717, 1.165) is 12.1 Å². The third kappa shape index (κ3) is 5.64. The van der Waals surface area contributed by atoms with E-state index in [9.17, 15) is 9.59 Å². The molecule has 1 amide bonds. The number of carboxylic acids is 1. The van der Waals surface area contributed by atoms with Crippen LogP contribution in [0.25, 0.3) is 5.69 Å². The van der Waals surface area contributed by atoms with E-state index in [4.69, 9.17) is 5.11 Å². The molecule has 2 N–H and O–H groups in total. The van der Waals surface area contributed by atoms with Crippen LogP contribution in [-0.4, -0.2) is 37.8 Å². The van der Waals surface area contributed by atoms with Crippen molar-refractivity contribution in [2.24, 2.45) is 5.92 Å². The summed E-state index contributed by atoms with van der Waals surface area (Å²) in [5.74, 6) is -0.401. The average Bonchev–Trinajstić information content (AvgIpc) is 3.22. The quantitative estimate of drug-likeness (QED) is 0.744. The highest BCUT2D eigenvalue weighted by molar-refractivity contribution is 5.94. The Morgan fingerprint density at radius 2 is 1.78 bits per heavy atom. The topological polar surface area (TPSA) is 97.1 Å². The van der Waals surface area contributed by atoms with Crippen LogP contribution in [0.15, 0.2) is 36.9 Å². The normalized spacial score (nSPS) is 16.0. The van der Waals surface area contributed by atoms with Crippen LogP contribution in [0.5, 0.6) is 0 Å². The van der Waals surface area contributed by atoms with Gasteiger partial charge in [0.1, 0.15) is 12.7 Å². The van der Waals surface area contributed by atoms with Gasteiger partial charge in [-0.2, -0.15) is 0 Å². The van der Waals surface area contributed by atoms with E-state index in [1.807, 2.05) is 12.1 Å². The van der Waals surface area contributed by atoms with Gasteiger partial charge in [0.2, 0.25) is 0 Å². The first-order chi connectivity index (χ1) is 13.1. The number of hydrogen-bond acceptors (Lipinski definition) is 4. The summed E-state index contributed by atoms with van der Waals surface area (Å²) < 4.78 is 1.76. The van der Waals surface area contributed by atoms with Gasteiger partial charge in [0.25, 0.3) is 5.91 Å². The molecule has 0 aliphatic heterocycles. The van der Waals surface area contributed by atoms with Crippen LogP contribution in [-0.2, 0) is 4.79 Å². The molecule has 7 heteroatoms. The summed E-state index contributed by atoms with van der Waals surface area (Å²) in [4.78, 5) is 23.6. The van der Waals surface area contributed by atoms with Crippen LogP contribution in [0.4, 0.5) is 0 Å². The number of carboxylic acid groups (broad SMARTS) is 1. The molecule has 0 bridgehead atoms. The molecule has 1 saturated carbocycles. The van der Waals surface area contributed by atoms with E-state index in [1.165, 1.54) is 32.1 Å². The number of aromatic nitrogens is 3.